The van der Waals surface area contributed by atoms with E-state index in [0.29, 0.717) is 12.8 Å². The fourth-order valence-electron chi connectivity index (χ4n) is 1.73. The van der Waals surface area contributed by atoms with Gasteiger partial charge in [-0.05, 0) is 24.0 Å². The topological polar surface area (TPSA) is 46.6 Å². The minimum Gasteiger partial charge on any atom is -0.468 e. The van der Waals surface area contributed by atoms with Crippen molar-refractivity contribution in [1.29, 1.82) is 0 Å². The van der Waals surface area contributed by atoms with Gasteiger partial charge in [-0.25, -0.2) is 0 Å². The monoisotopic (exact) mass is 263 g/mol. The Morgan fingerprint density at radius 3 is 2.26 bits per heavy atom. The average Bonchev–Trinajstić information content (AvgIpc) is 2.44. The molecule has 19 heavy (non-hydrogen) atoms. The van der Waals surface area contributed by atoms with Crippen molar-refractivity contribution in [3.05, 3.63) is 35.4 Å². The molecule has 0 aliphatic carbocycles. The van der Waals surface area contributed by atoms with Gasteiger partial charge in [0.2, 0.25) is 5.91 Å². The molecular formula is C15H21NO3. The largest absolute Gasteiger partial charge is 0.468 e. The van der Waals surface area contributed by atoms with Crippen molar-refractivity contribution in [3.63, 3.8) is 0 Å². The Labute approximate surface area is 114 Å². The van der Waals surface area contributed by atoms with E-state index in [4.69, 9.17) is 0 Å². The summed E-state index contributed by atoms with van der Waals surface area (Å²) >= 11 is 0. The van der Waals surface area contributed by atoms with Crippen LogP contribution in [-0.4, -0.2) is 37.5 Å². The third kappa shape index (κ3) is 5.12. The summed E-state index contributed by atoms with van der Waals surface area (Å²) in [4.78, 5) is 24.3. The van der Waals surface area contributed by atoms with Crippen LogP contribution in [0.5, 0.6) is 0 Å². The van der Waals surface area contributed by atoms with Gasteiger partial charge >= 0.3 is 5.97 Å². The number of carbonyl (C=O) groups is 2. The minimum atomic E-state index is -0.400. The van der Waals surface area contributed by atoms with E-state index in [2.05, 4.69) is 23.8 Å². The lowest BCUT2D eigenvalue weighted by atomic mass is 10.1. The average molecular weight is 263 g/mol. The van der Waals surface area contributed by atoms with Crippen molar-refractivity contribution >= 4 is 11.9 Å². The summed E-state index contributed by atoms with van der Waals surface area (Å²) in [6.07, 6.45) is 2.11. The van der Waals surface area contributed by atoms with Crippen molar-refractivity contribution in [2.75, 3.05) is 20.7 Å². The molecule has 0 heterocycles. The van der Waals surface area contributed by atoms with E-state index in [1.54, 1.807) is 7.05 Å². The number of likely N-dealkylation sites (N-methyl/N-ethyl adjacent to an activating group) is 1. The molecule has 0 unspecified atom stereocenters. The third-order valence-electron chi connectivity index (χ3n) is 3.08. The van der Waals surface area contributed by atoms with Crippen LogP contribution in [0.4, 0.5) is 0 Å². The summed E-state index contributed by atoms with van der Waals surface area (Å²) < 4.78 is 4.53. The van der Waals surface area contributed by atoms with E-state index in [1.807, 2.05) is 12.1 Å². The summed E-state index contributed by atoms with van der Waals surface area (Å²) in [7, 11) is 2.93. The van der Waals surface area contributed by atoms with Crippen molar-refractivity contribution in [2.45, 2.75) is 26.2 Å². The minimum absolute atomic E-state index is 0.00407. The number of esters is 1. The maximum absolute atomic E-state index is 11.8. The van der Waals surface area contributed by atoms with Gasteiger partial charge in [-0.3, -0.25) is 9.59 Å². The zero-order valence-electron chi connectivity index (χ0n) is 11.8. The number of benzene rings is 1. The summed E-state index contributed by atoms with van der Waals surface area (Å²) in [5, 5.41) is 0. The number of ether oxygens (including phenoxy) is 1. The number of nitrogens with zero attached hydrogens (tertiary/aromatic N) is 1. The van der Waals surface area contributed by atoms with Gasteiger partial charge in [0, 0.05) is 13.5 Å². The second kappa shape index (κ2) is 7.56. The van der Waals surface area contributed by atoms with E-state index >= 15 is 0 Å². The molecule has 1 rings (SSSR count). The molecule has 4 nitrogen and oxygen atoms in total. The Balaban J connectivity index is 2.42. The molecule has 0 atom stereocenters. The molecule has 0 aliphatic heterocycles. The number of aryl methyl sites for hydroxylation is 2. The van der Waals surface area contributed by atoms with Crippen LogP contribution in [0.1, 0.15) is 24.5 Å². The summed E-state index contributed by atoms with van der Waals surface area (Å²) in [5.74, 6) is -0.451. The van der Waals surface area contributed by atoms with Crippen LogP contribution in [0, 0.1) is 0 Å². The quantitative estimate of drug-likeness (QED) is 0.735. The van der Waals surface area contributed by atoms with E-state index in [-0.39, 0.29) is 12.5 Å². The molecule has 4 heteroatoms. The molecule has 0 saturated heterocycles. The van der Waals surface area contributed by atoms with Crippen LogP contribution in [0.3, 0.4) is 0 Å². The molecule has 0 fully saturated rings. The van der Waals surface area contributed by atoms with Crippen LogP contribution in [0.15, 0.2) is 24.3 Å². The molecule has 0 bridgehead atoms. The van der Waals surface area contributed by atoms with Gasteiger partial charge in [-0.2, -0.15) is 0 Å². The number of carbonyl (C=O) groups excluding carboxylic acids is 2. The molecule has 1 aromatic rings. The van der Waals surface area contributed by atoms with Crippen molar-refractivity contribution in [1.82, 2.24) is 4.90 Å². The fourth-order valence-corrected chi connectivity index (χ4v) is 1.73. The lowest BCUT2D eigenvalue weighted by Crippen LogP contribution is -2.32. The van der Waals surface area contributed by atoms with Crippen LogP contribution >= 0.6 is 0 Å². The molecule has 1 amide bonds. The Kier molecular flexibility index (Phi) is 6.06. The van der Waals surface area contributed by atoms with Crippen molar-refractivity contribution in [2.24, 2.45) is 0 Å². The highest BCUT2D eigenvalue weighted by atomic mass is 16.5. The Morgan fingerprint density at radius 2 is 1.74 bits per heavy atom. The molecule has 0 aliphatic rings. The van der Waals surface area contributed by atoms with Crippen LogP contribution < -0.4 is 0 Å². The van der Waals surface area contributed by atoms with E-state index in [0.717, 1.165) is 12.0 Å². The maximum atomic E-state index is 11.8. The first kappa shape index (κ1) is 15.2. The number of rotatable bonds is 6. The summed E-state index contributed by atoms with van der Waals surface area (Å²) in [6.45, 7) is 2.12. The van der Waals surface area contributed by atoms with Gasteiger partial charge in [-0.1, -0.05) is 31.2 Å². The van der Waals surface area contributed by atoms with Crippen molar-refractivity contribution < 1.29 is 14.3 Å². The Bertz CT molecular complexity index is 426. The molecular weight excluding hydrogens is 242 g/mol. The molecule has 104 valence electrons. The van der Waals surface area contributed by atoms with E-state index in [9.17, 15) is 9.59 Å². The first-order chi connectivity index (χ1) is 9.06. The van der Waals surface area contributed by atoms with Gasteiger partial charge in [0.1, 0.15) is 6.54 Å². The van der Waals surface area contributed by atoms with E-state index in [1.165, 1.54) is 17.6 Å². The maximum Gasteiger partial charge on any atom is 0.325 e. The van der Waals surface area contributed by atoms with Crippen LogP contribution in [0.2, 0.25) is 0 Å². The molecule has 0 aromatic heterocycles. The zero-order chi connectivity index (χ0) is 14.3. The van der Waals surface area contributed by atoms with Crippen molar-refractivity contribution in [3.8, 4) is 0 Å². The summed E-state index contributed by atoms with van der Waals surface area (Å²) in [6, 6.07) is 8.26. The molecule has 0 radical (unpaired) electrons. The fraction of sp³-hybridized carbons (Fsp3) is 0.467. The first-order valence-electron chi connectivity index (χ1n) is 6.45. The normalized spacial score (nSPS) is 10.1. The highest BCUT2D eigenvalue weighted by molar-refractivity contribution is 5.81. The van der Waals surface area contributed by atoms with Gasteiger partial charge in [0.15, 0.2) is 0 Å². The lowest BCUT2D eigenvalue weighted by Gasteiger charge is -2.15. The number of hydrogen-bond donors (Lipinski definition) is 0. The van der Waals surface area contributed by atoms with Crippen LogP contribution in [-0.2, 0) is 27.2 Å². The van der Waals surface area contributed by atoms with Gasteiger partial charge in [0.05, 0.1) is 7.11 Å². The van der Waals surface area contributed by atoms with Gasteiger partial charge < -0.3 is 9.64 Å². The molecule has 0 spiro atoms. The first-order valence-corrected chi connectivity index (χ1v) is 6.45. The standard InChI is InChI=1S/C15H21NO3/c1-4-12-5-7-13(8-6-12)9-10-14(17)16(2)11-15(18)19-3/h5-8H,4,9-11H2,1-3H3. The molecule has 0 N–H and O–H groups in total. The highest BCUT2D eigenvalue weighted by Crippen LogP contribution is 2.08. The zero-order valence-corrected chi connectivity index (χ0v) is 11.8. The lowest BCUT2D eigenvalue weighted by molar-refractivity contribution is -0.146. The van der Waals surface area contributed by atoms with Gasteiger partial charge in [0.25, 0.3) is 0 Å². The van der Waals surface area contributed by atoms with Crippen LogP contribution in [0.25, 0.3) is 0 Å². The molecule has 1 aromatic carbocycles. The predicted octanol–water partition coefficient (Wildman–Crippen LogP) is 1.81. The highest BCUT2D eigenvalue weighted by Gasteiger charge is 2.12. The van der Waals surface area contributed by atoms with E-state index < -0.39 is 5.97 Å². The Hall–Kier alpha value is -1.84. The SMILES string of the molecule is CCc1ccc(CCC(=O)N(C)CC(=O)OC)cc1. The second-order valence-electron chi connectivity index (χ2n) is 4.50. The smallest absolute Gasteiger partial charge is 0.325 e. The Morgan fingerprint density at radius 1 is 1.16 bits per heavy atom. The number of methoxy groups -OCH3 is 1. The molecule has 0 saturated carbocycles. The number of hydrogen-bond acceptors (Lipinski definition) is 3. The summed E-state index contributed by atoms with van der Waals surface area (Å²) in [5.41, 5.74) is 2.43. The van der Waals surface area contributed by atoms with Gasteiger partial charge in [-0.15, -0.1) is 0 Å². The second-order valence-corrected chi connectivity index (χ2v) is 4.50. The number of amides is 1. The predicted molar refractivity (Wildman–Crippen MR) is 73.8 cm³/mol. The third-order valence-corrected chi connectivity index (χ3v) is 3.08.